The van der Waals surface area contributed by atoms with Gasteiger partial charge >= 0.3 is 0 Å². The lowest BCUT2D eigenvalue weighted by Gasteiger charge is -2.08. The molecular weight excluding hydrogens is 328 g/mol. The molecule has 0 atom stereocenters. The van der Waals surface area contributed by atoms with Crippen molar-refractivity contribution in [3.05, 3.63) is 38.7 Å². The molecule has 2 heterocycles. The lowest BCUT2D eigenvalue weighted by atomic mass is 10.3. The van der Waals surface area contributed by atoms with E-state index in [1.807, 2.05) is 26.1 Å². The molecule has 0 saturated carbocycles. The highest BCUT2D eigenvalue weighted by Crippen LogP contribution is 2.26. The Morgan fingerprint density at radius 1 is 1.42 bits per heavy atom. The summed E-state index contributed by atoms with van der Waals surface area (Å²) in [6.45, 7) is 7.68. The Morgan fingerprint density at radius 2 is 2.16 bits per heavy atom. The van der Waals surface area contributed by atoms with Crippen molar-refractivity contribution in [1.82, 2.24) is 20.1 Å². The molecule has 2 aromatic heterocycles. The number of pyridine rings is 1. The van der Waals surface area contributed by atoms with Gasteiger partial charge in [-0.25, -0.2) is 9.67 Å². The van der Waals surface area contributed by atoms with Gasteiger partial charge in [-0.05, 0) is 48.0 Å². The van der Waals surface area contributed by atoms with E-state index in [9.17, 15) is 0 Å². The van der Waals surface area contributed by atoms with Crippen LogP contribution in [0.15, 0.2) is 16.7 Å². The highest BCUT2D eigenvalue weighted by Gasteiger charge is 2.14. The van der Waals surface area contributed by atoms with Crippen LogP contribution in [0.1, 0.15) is 23.9 Å². The summed E-state index contributed by atoms with van der Waals surface area (Å²) < 4.78 is 2.75. The zero-order valence-corrected chi connectivity index (χ0v) is 13.5. The van der Waals surface area contributed by atoms with E-state index in [4.69, 9.17) is 11.6 Å². The first kappa shape index (κ1) is 14.5. The maximum Gasteiger partial charge on any atom is 0.172 e. The lowest BCUT2D eigenvalue weighted by molar-refractivity contribution is 0.721. The molecule has 1 N–H and O–H groups in total. The van der Waals surface area contributed by atoms with Crippen LogP contribution in [0.4, 0.5) is 0 Å². The van der Waals surface area contributed by atoms with Gasteiger partial charge < -0.3 is 5.32 Å². The number of aryl methyl sites for hydroxylation is 1. The average molecular weight is 344 g/mol. The van der Waals surface area contributed by atoms with E-state index in [0.717, 1.165) is 34.5 Å². The minimum atomic E-state index is 0.605. The van der Waals surface area contributed by atoms with Gasteiger partial charge in [0.2, 0.25) is 0 Å². The van der Waals surface area contributed by atoms with Crippen LogP contribution in [0.5, 0.6) is 0 Å². The molecule has 2 aromatic rings. The summed E-state index contributed by atoms with van der Waals surface area (Å²) in [5, 5.41) is 8.29. The van der Waals surface area contributed by atoms with Crippen molar-refractivity contribution < 1.29 is 0 Å². The Bertz CT molecular complexity index is 595. The number of halogens is 2. The summed E-state index contributed by atoms with van der Waals surface area (Å²) in [7, 11) is 0. The predicted octanol–water partition coefficient (Wildman–Crippen LogP) is 3.41. The Kier molecular flexibility index (Phi) is 4.60. The monoisotopic (exact) mass is 342 g/mol. The standard InChI is InChI=1S/C13H16BrClN4/c1-4-16-6-10-5-11(15)13(17-7-10)19-9(3)12(14)8(2)18-19/h5,7,16H,4,6H2,1-3H3. The van der Waals surface area contributed by atoms with Crippen LogP contribution in [-0.2, 0) is 6.54 Å². The quantitative estimate of drug-likeness (QED) is 0.925. The zero-order chi connectivity index (χ0) is 14.0. The van der Waals surface area contributed by atoms with Crippen molar-refractivity contribution >= 4 is 27.5 Å². The molecule has 19 heavy (non-hydrogen) atoms. The lowest BCUT2D eigenvalue weighted by Crippen LogP contribution is -2.12. The normalized spacial score (nSPS) is 11.0. The number of hydrogen-bond acceptors (Lipinski definition) is 3. The molecule has 0 bridgehead atoms. The van der Waals surface area contributed by atoms with Crippen molar-refractivity contribution in [3.63, 3.8) is 0 Å². The van der Waals surface area contributed by atoms with Crippen LogP contribution < -0.4 is 5.32 Å². The summed E-state index contributed by atoms with van der Waals surface area (Å²) in [5.74, 6) is 0.660. The Morgan fingerprint density at radius 3 is 2.68 bits per heavy atom. The molecular formula is C13H16BrClN4. The fourth-order valence-corrected chi connectivity index (χ4v) is 2.34. The molecule has 0 amide bonds. The molecule has 4 nitrogen and oxygen atoms in total. The Labute approximate surface area is 126 Å². The molecule has 0 radical (unpaired) electrons. The van der Waals surface area contributed by atoms with Gasteiger partial charge in [-0.3, -0.25) is 0 Å². The summed E-state index contributed by atoms with van der Waals surface area (Å²) in [6.07, 6.45) is 1.83. The minimum absolute atomic E-state index is 0.605. The number of aromatic nitrogens is 3. The molecule has 0 fully saturated rings. The maximum atomic E-state index is 6.31. The van der Waals surface area contributed by atoms with Crippen LogP contribution in [-0.4, -0.2) is 21.3 Å². The number of nitrogens with one attached hydrogen (secondary N) is 1. The summed E-state index contributed by atoms with van der Waals surface area (Å²) in [5.41, 5.74) is 2.98. The molecule has 0 aliphatic heterocycles. The van der Waals surface area contributed by atoms with Crippen molar-refractivity contribution in [2.75, 3.05) is 6.54 Å². The average Bonchev–Trinajstić information content (AvgIpc) is 2.64. The van der Waals surface area contributed by atoms with Crippen molar-refractivity contribution in [1.29, 1.82) is 0 Å². The first-order valence-electron chi connectivity index (χ1n) is 6.11. The summed E-state index contributed by atoms with van der Waals surface area (Å²) in [6, 6.07) is 1.93. The van der Waals surface area contributed by atoms with Gasteiger partial charge in [0.15, 0.2) is 5.82 Å². The van der Waals surface area contributed by atoms with Gasteiger partial charge in [-0.15, -0.1) is 0 Å². The first-order valence-corrected chi connectivity index (χ1v) is 7.29. The van der Waals surface area contributed by atoms with Crippen LogP contribution in [0.25, 0.3) is 5.82 Å². The van der Waals surface area contributed by atoms with Gasteiger partial charge in [0.05, 0.1) is 20.9 Å². The minimum Gasteiger partial charge on any atom is -0.313 e. The van der Waals surface area contributed by atoms with Crippen LogP contribution in [0.2, 0.25) is 5.02 Å². The fraction of sp³-hybridized carbons (Fsp3) is 0.385. The van der Waals surface area contributed by atoms with Crippen molar-refractivity contribution in [2.24, 2.45) is 0 Å². The number of hydrogen-bond donors (Lipinski definition) is 1. The Hall–Kier alpha value is -0.910. The number of nitrogens with zero attached hydrogens (tertiary/aromatic N) is 3. The van der Waals surface area contributed by atoms with E-state index in [0.29, 0.717) is 10.8 Å². The molecule has 0 spiro atoms. The van der Waals surface area contributed by atoms with Crippen LogP contribution in [0.3, 0.4) is 0 Å². The second-order valence-corrected chi connectivity index (χ2v) is 5.53. The molecule has 6 heteroatoms. The third kappa shape index (κ3) is 2.99. The van der Waals surface area contributed by atoms with Crippen molar-refractivity contribution in [2.45, 2.75) is 27.3 Å². The molecule has 0 aliphatic carbocycles. The molecule has 0 aromatic carbocycles. The van der Waals surface area contributed by atoms with E-state index < -0.39 is 0 Å². The summed E-state index contributed by atoms with van der Waals surface area (Å²) in [4.78, 5) is 4.42. The van der Waals surface area contributed by atoms with Crippen molar-refractivity contribution in [3.8, 4) is 5.82 Å². The van der Waals surface area contributed by atoms with E-state index in [1.165, 1.54) is 0 Å². The van der Waals surface area contributed by atoms with E-state index >= 15 is 0 Å². The molecule has 2 rings (SSSR count). The third-order valence-electron chi connectivity index (χ3n) is 2.86. The van der Waals surface area contributed by atoms with Gasteiger partial charge in [0.1, 0.15) is 0 Å². The molecule has 0 saturated heterocycles. The largest absolute Gasteiger partial charge is 0.313 e. The van der Waals surface area contributed by atoms with E-state index in [1.54, 1.807) is 4.68 Å². The van der Waals surface area contributed by atoms with E-state index in [2.05, 4.69) is 38.3 Å². The first-order chi connectivity index (χ1) is 9.04. The number of rotatable bonds is 4. The second-order valence-electron chi connectivity index (χ2n) is 4.33. The molecule has 0 aliphatic rings. The highest BCUT2D eigenvalue weighted by atomic mass is 79.9. The van der Waals surface area contributed by atoms with Gasteiger partial charge in [-0.1, -0.05) is 18.5 Å². The maximum absolute atomic E-state index is 6.31. The molecule has 0 unspecified atom stereocenters. The van der Waals surface area contributed by atoms with Crippen LogP contribution in [0, 0.1) is 13.8 Å². The zero-order valence-electron chi connectivity index (χ0n) is 11.2. The summed E-state index contributed by atoms with van der Waals surface area (Å²) >= 11 is 9.82. The fourth-order valence-electron chi connectivity index (χ4n) is 1.82. The smallest absolute Gasteiger partial charge is 0.172 e. The predicted molar refractivity (Wildman–Crippen MR) is 80.9 cm³/mol. The highest BCUT2D eigenvalue weighted by molar-refractivity contribution is 9.10. The van der Waals surface area contributed by atoms with Gasteiger partial charge in [0.25, 0.3) is 0 Å². The van der Waals surface area contributed by atoms with Crippen LogP contribution >= 0.6 is 27.5 Å². The second kappa shape index (κ2) is 6.03. The topological polar surface area (TPSA) is 42.7 Å². The SMILES string of the molecule is CCNCc1cnc(-n2nc(C)c(Br)c2C)c(Cl)c1. The third-order valence-corrected chi connectivity index (χ3v) is 4.29. The van der Waals surface area contributed by atoms with Gasteiger partial charge in [0, 0.05) is 12.7 Å². The van der Waals surface area contributed by atoms with Gasteiger partial charge in [-0.2, -0.15) is 5.10 Å². The van der Waals surface area contributed by atoms with E-state index in [-0.39, 0.29) is 0 Å². The Balaban J connectivity index is 2.37. The molecule has 102 valence electrons.